The number of hydrogen-bond donors (Lipinski definition) is 5. The highest BCUT2D eigenvalue weighted by atomic mass is 16.6. The summed E-state index contributed by atoms with van der Waals surface area (Å²) in [5.74, 6) is -0.000177. The van der Waals surface area contributed by atoms with Crippen LogP contribution < -0.4 is 43.6 Å². The van der Waals surface area contributed by atoms with E-state index in [0.29, 0.717) is 32.6 Å². The molecule has 678 valence electrons. The van der Waals surface area contributed by atoms with E-state index in [1.165, 1.54) is 22.3 Å². The molecule has 28 nitrogen and oxygen atoms in total. The SMILES string of the molecule is COc1ccc(CCc2ccccc2OCC(CN(C)C)OC(=O)CC(=O)O)cc1.COc1ccc(CCc2ccccc2OCC(CN(C)C)OC(=O)[C@H](N)Cc2ccc(O)cc2)cc1.COc1ccc(CCc2ccccc2OC[C@@H](CN(C)C)OC(=O)CC(=O)O)cc1.COc1ccc(CCc2ccccc2OC[C@H](CN(C)C)OC(=O)CC(=O)O)cc1. The second-order valence-corrected chi connectivity index (χ2v) is 30.7. The van der Waals surface area contributed by atoms with E-state index in [4.69, 9.17) is 77.9 Å². The topological polar surface area (TPSA) is 350 Å². The standard InChI is InChI=1S/C29H36N2O5.3C23H29NO6/c1-31(2)19-26(36-29(33)27(30)18-22-9-14-24(32)15-10-22)20-35-28-7-5-4-6-23(28)13-8-21-11-16-25(34-3)17-12-21;3*1-24(2)15-20(30-23(27)14-22(25)26)16-29-21-7-5-4-6-18(21)11-8-17-9-12-19(28-3)13-10-17/h4-7,9-12,14-17,26-27,32H,8,13,18-20,30H2,1-3H3;3*4-7,9-10,12-13,20H,8,11,14-16H2,1-3H3,(H,25,26)/t26?,27-;2*20-;/m110./s1. The first kappa shape index (κ1) is 102. The molecule has 9 aromatic carbocycles. The van der Waals surface area contributed by atoms with Gasteiger partial charge in [-0.1, -0.05) is 133 Å². The van der Waals surface area contributed by atoms with Crippen LogP contribution in [-0.2, 0) is 110 Å². The molecule has 0 aliphatic heterocycles. The van der Waals surface area contributed by atoms with E-state index in [-0.39, 0.29) is 32.2 Å². The van der Waals surface area contributed by atoms with Crippen LogP contribution in [0.5, 0.6) is 51.7 Å². The molecule has 0 spiro atoms. The first-order chi connectivity index (χ1) is 60.4. The minimum Gasteiger partial charge on any atom is -0.508 e. The largest absolute Gasteiger partial charge is 0.508 e. The summed E-state index contributed by atoms with van der Waals surface area (Å²) in [6, 6.07) is 68.9. The number of para-hydroxylation sites is 4. The Morgan fingerprint density at radius 1 is 0.302 bits per heavy atom. The van der Waals surface area contributed by atoms with Gasteiger partial charge in [-0.15, -0.1) is 0 Å². The second kappa shape index (κ2) is 56.2. The van der Waals surface area contributed by atoms with Gasteiger partial charge in [0.2, 0.25) is 0 Å². The molecule has 126 heavy (non-hydrogen) atoms. The van der Waals surface area contributed by atoms with Crippen LogP contribution in [0.15, 0.2) is 218 Å². The highest BCUT2D eigenvalue weighted by Crippen LogP contribution is 2.28. The predicted molar refractivity (Wildman–Crippen MR) is 480 cm³/mol. The summed E-state index contributed by atoms with van der Waals surface area (Å²) in [6.45, 7) is 2.44. The lowest BCUT2D eigenvalue weighted by Gasteiger charge is -2.24. The van der Waals surface area contributed by atoms with Crippen LogP contribution in [0.3, 0.4) is 0 Å². The van der Waals surface area contributed by atoms with Crippen LogP contribution in [0.2, 0.25) is 0 Å². The number of phenolic OH excluding ortho intramolecular Hbond substituents is 1. The van der Waals surface area contributed by atoms with Gasteiger partial charge in [0.25, 0.3) is 0 Å². The third-order valence-electron chi connectivity index (χ3n) is 19.0. The lowest BCUT2D eigenvalue weighted by molar-refractivity contribution is -0.158. The molecule has 0 saturated heterocycles. The summed E-state index contributed by atoms with van der Waals surface area (Å²) < 4.78 is 66.4. The first-order valence-corrected chi connectivity index (χ1v) is 41.4. The number of carboxylic acids is 3. The Labute approximate surface area is 739 Å². The van der Waals surface area contributed by atoms with Crippen molar-refractivity contribution < 1.29 is 111 Å². The zero-order chi connectivity index (χ0) is 91.7. The molecule has 0 amide bonds. The quantitative estimate of drug-likeness (QED) is 0.0134. The molecule has 9 rings (SSSR count). The van der Waals surface area contributed by atoms with Crippen molar-refractivity contribution in [3.8, 4) is 51.7 Å². The van der Waals surface area contributed by atoms with Crippen molar-refractivity contribution in [1.82, 2.24) is 19.6 Å². The Kier molecular flexibility index (Phi) is 45.5. The summed E-state index contributed by atoms with van der Waals surface area (Å²) in [7, 11) is 21.5. The molecule has 28 heteroatoms. The van der Waals surface area contributed by atoms with Crippen LogP contribution in [0.25, 0.3) is 0 Å². The zero-order valence-electron chi connectivity index (χ0n) is 74.2. The van der Waals surface area contributed by atoms with E-state index in [2.05, 4.69) is 18.2 Å². The fourth-order valence-electron chi connectivity index (χ4n) is 12.8. The number of aromatic hydroxyl groups is 1. The smallest absolute Gasteiger partial charge is 0.323 e. The average Bonchev–Trinajstić information content (AvgIpc) is 0.875. The van der Waals surface area contributed by atoms with Crippen molar-refractivity contribution in [2.45, 2.75) is 108 Å². The number of nitrogens with zero attached hydrogens (tertiary/aromatic N) is 4. The van der Waals surface area contributed by atoms with Crippen LogP contribution in [-0.4, -0.2) is 250 Å². The third-order valence-corrected chi connectivity index (χ3v) is 19.0. The lowest BCUT2D eigenvalue weighted by atomic mass is 10.0. The summed E-state index contributed by atoms with van der Waals surface area (Å²) >= 11 is 0. The van der Waals surface area contributed by atoms with Crippen LogP contribution in [0.4, 0.5) is 0 Å². The lowest BCUT2D eigenvalue weighted by Crippen LogP contribution is -2.41. The molecule has 0 saturated carbocycles. The Bertz CT molecular complexity index is 4390. The molecular weight excluding hydrogens is 1620 g/mol. The monoisotopic (exact) mass is 1740 g/mol. The van der Waals surface area contributed by atoms with Gasteiger partial charge in [-0.3, -0.25) is 33.6 Å². The summed E-state index contributed by atoms with van der Waals surface area (Å²) in [6.07, 6.45) is 2.74. The van der Waals surface area contributed by atoms with E-state index in [9.17, 15) is 38.7 Å². The Balaban J connectivity index is 0.000000260. The zero-order valence-corrected chi connectivity index (χ0v) is 74.2. The van der Waals surface area contributed by atoms with Gasteiger partial charge in [0.15, 0.2) is 0 Å². The molecule has 0 bridgehead atoms. The molecule has 0 fully saturated rings. The number of nitrogens with two attached hydrogens (primary N) is 1. The molecule has 9 aromatic rings. The van der Waals surface area contributed by atoms with Crippen LogP contribution in [0.1, 0.15) is 69.3 Å². The maximum Gasteiger partial charge on any atom is 0.323 e. The average molecular weight is 1740 g/mol. The molecule has 5 atom stereocenters. The number of ether oxygens (including phenoxy) is 12. The van der Waals surface area contributed by atoms with Crippen molar-refractivity contribution >= 4 is 41.8 Å². The molecule has 6 N–H and O–H groups in total. The van der Waals surface area contributed by atoms with Gasteiger partial charge in [-0.2, -0.15) is 0 Å². The number of methoxy groups -OCH3 is 4. The van der Waals surface area contributed by atoms with Gasteiger partial charge in [-0.25, -0.2) is 0 Å². The molecule has 0 aromatic heterocycles. The number of aryl methyl sites for hydroxylation is 8. The second-order valence-electron chi connectivity index (χ2n) is 30.7. The molecule has 0 aliphatic rings. The Morgan fingerprint density at radius 2 is 0.524 bits per heavy atom. The predicted octanol–water partition coefficient (Wildman–Crippen LogP) is 12.0. The van der Waals surface area contributed by atoms with Crippen molar-refractivity contribution in [2.75, 3.05) is 137 Å². The van der Waals surface area contributed by atoms with Crippen molar-refractivity contribution in [2.24, 2.45) is 5.73 Å². The Morgan fingerprint density at radius 3 is 0.746 bits per heavy atom. The van der Waals surface area contributed by atoms with Crippen LogP contribution >= 0.6 is 0 Å². The summed E-state index contributed by atoms with van der Waals surface area (Å²) in [5.41, 5.74) is 16.0. The number of hydrogen-bond acceptors (Lipinski definition) is 25. The van der Waals surface area contributed by atoms with Crippen molar-refractivity contribution in [3.05, 3.63) is 268 Å². The summed E-state index contributed by atoms with van der Waals surface area (Å²) in [5, 5.41) is 35.7. The highest BCUT2D eigenvalue weighted by Gasteiger charge is 2.26. The minimum absolute atomic E-state index is 0.142. The van der Waals surface area contributed by atoms with Crippen molar-refractivity contribution in [3.63, 3.8) is 0 Å². The van der Waals surface area contributed by atoms with Gasteiger partial charge in [0.05, 0.1) is 28.4 Å². The minimum atomic E-state index is -1.21. The Hall–Kier alpha value is -12.7. The number of phenols is 1. The summed E-state index contributed by atoms with van der Waals surface area (Å²) in [4.78, 5) is 87.6. The maximum atomic E-state index is 12.7. The molecule has 0 radical (unpaired) electrons. The van der Waals surface area contributed by atoms with E-state index in [1.807, 2.05) is 252 Å². The number of benzene rings is 9. The van der Waals surface area contributed by atoms with Crippen LogP contribution in [0, 0.1) is 0 Å². The fourth-order valence-corrected chi connectivity index (χ4v) is 12.8. The van der Waals surface area contributed by atoms with Gasteiger partial charge in [-0.05, 0) is 249 Å². The number of carbonyl (C=O) groups is 7. The number of aliphatic carboxylic acids is 3. The van der Waals surface area contributed by atoms with Gasteiger partial charge >= 0.3 is 41.8 Å². The van der Waals surface area contributed by atoms with Gasteiger partial charge in [0.1, 0.15) is 128 Å². The molecule has 0 heterocycles. The number of esters is 4. The van der Waals surface area contributed by atoms with E-state index >= 15 is 0 Å². The maximum absolute atomic E-state index is 12.7. The molecule has 0 aliphatic carbocycles. The number of carbonyl (C=O) groups excluding carboxylic acids is 4. The number of likely N-dealkylation sites (N-methyl/N-ethyl adjacent to an activating group) is 4. The van der Waals surface area contributed by atoms with E-state index in [0.717, 1.165) is 125 Å². The molecule has 2 unspecified atom stereocenters. The normalized spacial score (nSPS) is 12.0. The third kappa shape index (κ3) is 41.2. The number of rotatable bonds is 49. The fraction of sp³-hybridized carbons (Fsp3) is 0.378. The van der Waals surface area contributed by atoms with E-state index < -0.39 is 91.5 Å². The van der Waals surface area contributed by atoms with Gasteiger partial charge < -0.3 is 103 Å². The van der Waals surface area contributed by atoms with E-state index in [1.54, 1.807) is 52.7 Å². The molecular formula is C98H123N5O23. The number of carboxylic acid groups (broad SMARTS) is 3. The van der Waals surface area contributed by atoms with Gasteiger partial charge in [0, 0.05) is 26.2 Å². The first-order valence-electron chi connectivity index (χ1n) is 41.4. The highest BCUT2D eigenvalue weighted by molar-refractivity contribution is 5.91. The van der Waals surface area contributed by atoms with Crippen molar-refractivity contribution in [1.29, 1.82) is 0 Å².